The molecule has 2 heteroatoms. The van der Waals surface area contributed by atoms with Gasteiger partial charge in [-0.2, -0.15) is 0 Å². The van der Waals surface area contributed by atoms with E-state index in [-0.39, 0.29) is 5.97 Å². The highest BCUT2D eigenvalue weighted by Gasteiger charge is 2.15. The summed E-state index contributed by atoms with van der Waals surface area (Å²) in [5, 5.41) is 0. The first-order valence-corrected chi connectivity index (χ1v) is 10.4. The van der Waals surface area contributed by atoms with Gasteiger partial charge in [0, 0.05) is 5.57 Å². The van der Waals surface area contributed by atoms with Crippen molar-refractivity contribution < 1.29 is 9.53 Å². The third kappa shape index (κ3) is 13.3. The molecular weight excluding hydrogens is 332 g/mol. The summed E-state index contributed by atoms with van der Waals surface area (Å²) in [5.41, 5.74) is 2.79. The molecule has 0 aliphatic rings. The van der Waals surface area contributed by atoms with E-state index in [0.717, 1.165) is 19.3 Å². The number of hydrogen-bond acceptors (Lipinski definition) is 2. The summed E-state index contributed by atoms with van der Waals surface area (Å²) in [6, 6.07) is 10.7. The van der Waals surface area contributed by atoms with E-state index in [0.29, 0.717) is 23.0 Å². The van der Waals surface area contributed by atoms with Crippen LogP contribution in [0.15, 0.2) is 42.5 Å². The molecule has 0 N–H and O–H groups in total. The fraction of sp³-hybridized carbons (Fsp3) is 0.640. The lowest BCUT2D eigenvalue weighted by Crippen LogP contribution is -2.12. The Balaban J connectivity index is 0.000000501. The molecule has 2 nitrogen and oxygen atoms in total. The maximum absolute atomic E-state index is 11.0. The number of benzene rings is 1. The fourth-order valence-electron chi connectivity index (χ4n) is 2.32. The predicted molar refractivity (Wildman–Crippen MR) is 118 cm³/mol. The predicted octanol–water partition coefficient (Wildman–Crippen LogP) is 7.38. The van der Waals surface area contributed by atoms with Gasteiger partial charge in [-0.3, -0.25) is 0 Å². The Labute approximate surface area is 168 Å². The van der Waals surface area contributed by atoms with Crippen LogP contribution in [0.1, 0.15) is 86.1 Å². The zero-order valence-electron chi connectivity index (χ0n) is 18.9. The number of hydrogen-bond donors (Lipinski definition) is 0. The van der Waals surface area contributed by atoms with Crippen molar-refractivity contribution in [1.29, 1.82) is 0 Å². The third-order valence-electron chi connectivity index (χ3n) is 5.43. The molecule has 0 bridgehead atoms. The van der Waals surface area contributed by atoms with Gasteiger partial charge in [0.1, 0.15) is 0 Å². The fourth-order valence-corrected chi connectivity index (χ4v) is 2.32. The molecule has 0 atom stereocenters. The molecule has 0 aliphatic heterocycles. The topological polar surface area (TPSA) is 26.3 Å². The summed E-state index contributed by atoms with van der Waals surface area (Å²) in [7, 11) is 0. The van der Waals surface area contributed by atoms with Crippen molar-refractivity contribution in [2.75, 3.05) is 6.61 Å². The van der Waals surface area contributed by atoms with Crippen molar-refractivity contribution >= 4 is 5.97 Å². The van der Waals surface area contributed by atoms with Gasteiger partial charge in [-0.05, 0) is 49.0 Å². The Morgan fingerprint density at radius 2 is 1.48 bits per heavy atom. The lowest BCUT2D eigenvalue weighted by Gasteiger charge is -2.22. The monoisotopic (exact) mass is 374 g/mol. The third-order valence-corrected chi connectivity index (χ3v) is 5.43. The first-order chi connectivity index (χ1) is 12.5. The van der Waals surface area contributed by atoms with Gasteiger partial charge in [0.05, 0.1) is 6.61 Å². The largest absolute Gasteiger partial charge is 0.462 e. The number of esters is 1. The molecule has 1 aromatic carbocycles. The maximum atomic E-state index is 11.0. The van der Waals surface area contributed by atoms with Crippen LogP contribution < -0.4 is 0 Å². The van der Waals surface area contributed by atoms with E-state index in [4.69, 9.17) is 4.74 Å². The number of carbonyl (C=O) groups is 1. The average Bonchev–Trinajstić information content (AvgIpc) is 2.65. The second kappa shape index (κ2) is 12.8. The van der Waals surface area contributed by atoms with Crippen molar-refractivity contribution in [2.24, 2.45) is 10.8 Å². The second-order valence-corrected chi connectivity index (χ2v) is 9.04. The normalized spacial score (nSPS) is 11.4. The molecule has 0 spiro atoms. The molecule has 0 unspecified atom stereocenters. The van der Waals surface area contributed by atoms with Crippen molar-refractivity contribution in [2.45, 2.75) is 87.0 Å². The van der Waals surface area contributed by atoms with Crippen LogP contribution in [-0.2, 0) is 16.0 Å². The summed E-state index contributed by atoms with van der Waals surface area (Å²) in [5.74, 6) is -0.278. The van der Waals surface area contributed by atoms with Crippen LogP contribution in [0.25, 0.3) is 0 Å². The number of ether oxygens (including phenoxy) is 1. The molecule has 27 heavy (non-hydrogen) atoms. The molecule has 1 rings (SSSR count). The van der Waals surface area contributed by atoms with E-state index in [1.54, 1.807) is 6.92 Å². The molecule has 0 amide bonds. The van der Waals surface area contributed by atoms with Crippen LogP contribution in [0.5, 0.6) is 0 Å². The zero-order chi connectivity index (χ0) is 20.9. The highest BCUT2D eigenvalue weighted by molar-refractivity contribution is 5.86. The summed E-state index contributed by atoms with van der Waals surface area (Å²) in [6.45, 7) is 19.3. The minimum Gasteiger partial charge on any atom is -0.462 e. The van der Waals surface area contributed by atoms with E-state index in [9.17, 15) is 4.79 Å². The smallest absolute Gasteiger partial charge is 0.333 e. The highest BCUT2D eigenvalue weighted by atomic mass is 16.5. The van der Waals surface area contributed by atoms with Crippen molar-refractivity contribution in [3.63, 3.8) is 0 Å². The Morgan fingerprint density at radius 3 is 1.96 bits per heavy atom. The quantitative estimate of drug-likeness (QED) is 0.243. The van der Waals surface area contributed by atoms with Gasteiger partial charge < -0.3 is 4.74 Å². The van der Waals surface area contributed by atoms with Crippen LogP contribution >= 0.6 is 0 Å². The van der Waals surface area contributed by atoms with Crippen molar-refractivity contribution in [1.82, 2.24) is 0 Å². The molecule has 154 valence electrons. The highest BCUT2D eigenvalue weighted by Crippen LogP contribution is 2.26. The summed E-state index contributed by atoms with van der Waals surface area (Å²) in [4.78, 5) is 11.0. The standard InChI is InChI=1S/C13H20.C12H22O2/c1-4-13(2,3)11-10-12-8-6-5-7-9-12;1-6-12(4,5)8-7-9-14-11(13)10(2)3/h5-9H,4,10-11H2,1-3H3;2,6-9H2,1,3-5H3. The SMILES string of the molecule is C=C(C)C(=O)OCCCC(C)(C)CC.CCC(C)(C)CCc1ccccc1. The summed E-state index contributed by atoms with van der Waals surface area (Å²) in [6.07, 6.45) is 6.93. The van der Waals surface area contributed by atoms with Crippen LogP contribution in [-0.4, -0.2) is 12.6 Å². The van der Waals surface area contributed by atoms with E-state index < -0.39 is 0 Å². The Bertz CT molecular complexity index is 541. The first kappa shape index (κ1) is 25.4. The average molecular weight is 375 g/mol. The van der Waals surface area contributed by atoms with Gasteiger partial charge in [-0.15, -0.1) is 0 Å². The van der Waals surface area contributed by atoms with Gasteiger partial charge in [0.25, 0.3) is 0 Å². The summed E-state index contributed by atoms with van der Waals surface area (Å²) < 4.78 is 5.00. The van der Waals surface area contributed by atoms with E-state index in [1.807, 2.05) is 0 Å². The van der Waals surface area contributed by atoms with Gasteiger partial charge in [-0.1, -0.05) is 91.3 Å². The number of aryl methyl sites for hydroxylation is 1. The molecule has 0 aliphatic carbocycles. The molecular formula is C25H42O2. The lowest BCUT2D eigenvalue weighted by molar-refractivity contribution is -0.139. The molecule has 0 fully saturated rings. The Morgan fingerprint density at radius 1 is 0.963 bits per heavy atom. The minimum absolute atomic E-state index is 0.278. The van der Waals surface area contributed by atoms with Crippen molar-refractivity contribution in [3.8, 4) is 0 Å². The lowest BCUT2D eigenvalue weighted by atomic mass is 9.84. The zero-order valence-corrected chi connectivity index (χ0v) is 18.9. The first-order valence-electron chi connectivity index (χ1n) is 10.4. The molecule has 0 radical (unpaired) electrons. The maximum Gasteiger partial charge on any atom is 0.333 e. The van der Waals surface area contributed by atoms with Gasteiger partial charge in [0.15, 0.2) is 0 Å². The Hall–Kier alpha value is -1.57. The van der Waals surface area contributed by atoms with Crippen LogP contribution in [0.2, 0.25) is 0 Å². The number of rotatable bonds is 10. The van der Waals surface area contributed by atoms with Crippen molar-refractivity contribution in [3.05, 3.63) is 48.0 Å². The molecule has 0 aromatic heterocycles. The number of carbonyl (C=O) groups excluding carboxylic acids is 1. The molecule has 0 saturated heterocycles. The van der Waals surface area contributed by atoms with E-state index in [2.05, 4.69) is 78.5 Å². The Kier molecular flexibility index (Phi) is 12.0. The molecule has 1 aromatic rings. The summed E-state index contributed by atoms with van der Waals surface area (Å²) >= 11 is 0. The van der Waals surface area contributed by atoms with E-state index in [1.165, 1.54) is 24.8 Å². The molecule has 0 saturated carbocycles. The van der Waals surface area contributed by atoms with Gasteiger partial charge >= 0.3 is 5.97 Å². The van der Waals surface area contributed by atoms with E-state index >= 15 is 0 Å². The van der Waals surface area contributed by atoms with Crippen LogP contribution in [0.4, 0.5) is 0 Å². The van der Waals surface area contributed by atoms with Gasteiger partial charge in [0.2, 0.25) is 0 Å². The van der Waals surface area contributed by atoms with Crippen LogP contribution in [0.3, 0.4) is 0 Å². The van der Waals surface area contributed by atoms with Crippen LogP contribution in [0, 0.1) is 10.8 Å². The second-order valence-electron chi connectivity index (χ2n) is 9.04. The molecule has 0 heterocycles. The van der Waals surface area contributed by atoms with Gasteiger partial charge in [-0.25, -0.2) is 4.79 Å². The minimum atomic E-state index is -0.278.